The van der Waals surface area contributed by atoms with Crippen LogP contribution in [0.3, 0.4) is 0 Å². The van der Waals surface area contributed by atoms with Crippen LogP contribution in [-0.4, -0.2) is 40.9 Å². The first-order chi connectivity index (χ1) is 10.1. The molecule has 1 aromatic heterocycles. The molecule has 1 N–H and O–H groups in total. The van der Waals surface area contributed by atoms with Crippen molar-refractivity contribution >= 4 is 0 Å². The lowest BCUT2D eigenvalue weighted by Gasteiger charge is -2.22. The fraction of sp³-hybridized carbons (Fsp3) is 0.824. The summed E-state index contributed by atoms with van der Waals surface area (Å²) < 4.78 is 2.11. The van der Waals surface area contributed by atoms with Crippen LogP contribution in [0.25, 0.3) is 0 Å². The fourth-order valence-electron chi connectivity index (χ4n) is 3.55. The van der Waals surface area contributed by atoms with Gasteiger partial charge in [0.15, 0.2) is 0 Å². The van der Waals surface area contributed by atoms with Gasteiger partial charge in [-0.05, 0) is 53.6 Å². The van der Waals surface area contributed by atoms with E-state index < -0.39 is 0 Å². The van der Waals surface area contributed by atoms with Crippen molar-refractivity contribution < 1.29 is 0 Å². The molecule has 2 rings (SSSR count). The Labute approximate surface area is 129 Å². The van der Waals surface area contributed by atoms with Gasteiger partial charge in [0.25, 0.3) is 0 Å². The average molecular weight is 292 g/mol. The third kappa shape index (κ3) is 4.30. The first-order valence-electron chi connectivity index (χ1n) is 8.63. The fourth-order valence-corrected chi connectivity index (χ4v) is 3.55. The summed E-state index contributed by atoms with van der Waals surface area (Å²) in [5.74, 6) is 0. The topological polar surface area (TPSA) is 33.1 Å². The third-order valence-electron chi connectivity index (χ3n) is 4.75. The van der Waals surface area contributed by atoms with Crippen LogP contribution in [-0.2, 0) is 6.54 Å². The molecular formula is C17H32N4. The molecule has 1 aromatic rings. The van der Waals surface area contributed by atoms with Crippen molar-refractivity contribution in [2.45, 2.75) is 66.0 Å². The largest absolute Gasteiger partial charge is 0.309 e. The van der Waals surface area contributed by atoms with Crippen LogP contribution in [0, 0.1) is 13.8 Å². The molecule has 4 heteroatoms. The van der Waals surface area contributed by atoms with E-state index in [9.17, 15) is 0 Å². The molecule has 1 aliphatic heterocycles. The molecular weight excluding hydrogens is 260 g/mol. The van der Waals surface area contributed by atoms with E-state index in [1.54, 1.807) is 0 Å². The van der Waals surface area contributed by atoms with E-state index in [0.717, 1.165) is 13.1 Å². The molecule has 0 saturated carbocycles. The van der Waals surface area contributed by atoms with Crippen molar-refractivity contribution in [2.24, 2.45) is 0 Å². The SMILES string of the molecule is CCn1nc(C)c(C(C)NCCN2CCCCCC2)c1C. The lowest BCUT2D eigenvalue weighted by molar-refractivity contribution is 0.280. The Morgan fingerprint density at radius 3 is 2.38 bits per heavy atom. The molecule has 0 amide bonds. The predicted octanol–water partition coefficient (Wildman–Crippen LogP) is 3.05. The van der Waals surface area contributed by atoms with Gasteiger partial charge in [-0.2, -0.15) is 5.10 Å². The standard InChI is InChI=1S/C17H32N4/c1-5-21-16(4)17(15(3)19-21)14(2)18-10-13-20-11-8-6-7-9-12-20/h14,18H,5-13H2,1-4H3. The summed E-state index contributed by atoms with van der Waals surface area (Å²) in [6.45, 7) is 14.5. The van der Waals surface area contributed by atoms with Gasteiger partial charge in [-0.15, -0.1) is 0 Å². The van der Waals surface area contributed by atoms with E-state index in [-0.39, 0.29) is 0 Å². The van der Waals surface area contributed by atoms with Crippen molar-refractivity contribution in [3.63, 3.8) is 0 Å². The Morgan fingerprint density at radius 1 is 1.14 bits per heavy atom. The second-order valence-corrected chi connectivity index (χ2v) is 6.33. The summed E-state index contributed by atoms with van der Waals surface area (Å²) in [6, 6.07) is 0.386. The van der Waals surface area contributed by atoms with E-state index in [1.807, 2.05) is 0 Å². The zero-order chi connectivity index (χ0) is 15.2. The van der Waals surface area contributed by atoms with Gasteiger partial charge in [0, 0.05) is 36.9 Å². The van der Waals surface area contributed by atoms with Crippen molar-refractivity contribution in [3.8, 4) is 0 Å². The van der Waals surface area contributed by atoms with Crippen molar-refractivity contribution in [1.82, 2.24) is 20.0 Å². The summed E-state index contributed by atoms with van der Waals surface area (Å²) in [5, 5.41) is 8.32. The molecule has 0 radical (unpaired) electrons. The highest BCUT2D eigenvalue weighted by atomic mass is 15.3. The number of rotatable bonds is 6. The van der Waals surface area contributed by atoms with Crippen molar-refractivity contribution in [2.75, 3.05) is 26.2 Å². The first-order valence-corrected chi connectivity index (χ1v) is 8.63. The van der Waals surface area contributed by atoms with Gasteiger partial charge in [-0.1, -0.05) is 12.8 Å². The molecule has 2 heterocycles. The summed E-state index contributed by atoms with van der Waals surface area (Å²) in [4.78, 5) is 2.61. The van der Waals surface area contributed by atoms with Crippen molar-refractivity contribution in [1.29, 1.82) is 0 Å². The molecule has 4 nitrogen and oxygen atoms in total. The molecule has 0 spiro atoms. The zero-order valence-electron chi connectivity index (χ0n) is 14.3. The molecule has 1 fully saturated rings. The van der Waals surface area contributed by atoms with Crippen molar-refractivity contribution in [3.05, 3.63) is 17.0 Å². The first kappa shape index (κ1) is 16.5. The monoisotopic (exact) mass is 292 g/mol. The summed E-state index contributed by atoms with van der Waals surface area (Å²) in [7, 11) is 0. The molecule has 0 aromatic carbocycles. The van der Waals surface area contributed by atoms with Crippen LogP contribution in [0.2, 0.25) is 0 Å². The molecule has 1 aliphatic rings. The molecule has 1 saturated heterocycles. The Morgan fingerprint density at radius 2 is 1.81 bits per heavy atom. The minimum Gasteiger partial charge on any atom is -0.309 e. The zero-order valence-corrected chi connectivity index (χ0v) is 14.3. The number of nitrogens with one attached hydrogen (secondary N) is 1. The second-order valence-electron chi connectivity index (χ2n) is 6.33. The van der Waals surface area contributed by atoms with Gasteiger partial charge in [-0.25, -0.2) is 0 Å². The van der Waals surface area contributed by atoms with Crippen LogP contribution in [0.1, 0.15) is 62.5 Å². The molecule has 0 bridgehead atoms. The van der Waals surface area contributed by atoms with Crippen LogP contribution >= 0.6 is 0 Å². The highest BCUT2D eigenvalue weighted by Crippen LogP contribution is 2.21. The van der Waals surface area contributed by atoms with Crippen LogP contribution in [0.15, 0.2) is 0 Å². The van der Waals surface area contributed by atoms with Crippen LogP contribution in [0.5, 0.6) is 0 Å². The molecule has 0 aliphatic carbocycles. The van der Waals surface area contributed by atoms with Gasteiger partial charge in [0.2, 0.25) is 0 Å². The van der Waals surface area contributed by atoms with Crippen LogP contribution in [0.4, 0.5) is 0 Å². The third-order valence-corrected chi connectivity index (χ3v) is 4.75. The Bertz CT molecular complexity index is 430. The Hall–Kier alpha value is -0.870. The molecule has 21 heavy (non-hydrogen) atoms. The molecule has 120 valence electrons. The average Bonchev–Trinajstić information content (AvgIpc) is 2.65. The lowest BCUT2D eigenvalue weighted by atomic mass is 10.1. The van der Waals surface area contributed by atoms with E-state index in [1.165, 1.54) is 62.3 Å². The maximum Gasteiger partial charge on any atom is 0.0644 e. The summed E-state index contributed by atoms with van der Waals surface area (Å²) >= 11 is 0. The quantitative estimate of drug-likeness (QED) is 0.875. The normalized spacial score (nSPS) is 18.7. The van der Waals surface area contributed by atoms with Gasteiger partial charge in [-0.3, -0.25) is 4.68 Å². The smallest absolute Gasteiger partial charge is 0.0644 e. The second kappa shape index (κ2) is 7.95. The predicted molar refractivity (Wildman–Crippen MR) is 88.7 cm³/mol. The van der Waals surface area contributed by atoms with Gasteiger partial charge in [0.05, 0.1) is 5.69 Å². The van der Waals surface area contributed by atoms with Gasteiger partial charge < -0.3 is 10.2 Å². The summed E-state index contributed by atoms with van der Waals surface area (Å²) in [5.41, 5.74) is 3.86. The number of likely N-dealkylation sites (tertiary alicyclic amines) is 1. The Kier molecular flexibility index (Phi) is 6.24. The maximum absolute atomic E-state index is 4.63. The van der Waals surface area contributed by atoms with E-state index in [2.05, 4.69) is 47.7 Å². The van der Waals surface area contributed by atoms with E-state index in [0.29, 0.717) is 6.04 Å². The maximum atomic E-state index is 4.63. The van der Waals surface area contributed by atoms with Gasteiger partial charge in [0.1, 0.15) is 0 Å². The van der Waals surface area contributed by atoms with E-state index >= 15 is 0 Å². The van der Waals surface area contributed by atoms with E-state index in [4.69, 9.17) is 0 Å². The number of hydrogen-bond acceptors (Lipinski definition) is 3. The highest BCUT2D eigenvalue weighted by molar-refractivity contribution is 5.27. The number of aryl methyl sites for hydroxylation is 2. The number of hydrogen-bond donors (Lipinski definition) is 1. The Balaban J connectivity index is 1.84. The van der Waals surface area contributed by atoms with Gasteiger partial charge >= 0.3 is 0 Å². The number of nitrogens with zero attached hydrogens (tertiary/aromatic N) is 3. The lowest BCUT2D eigenvalue weighted by Crippen LogP contribution is -2.34. The summed E-state index contributed by atoms with van der Waals surface area (Å²) in [6.07, 6.45) is 5.57. The highest BCUT2D eigenvalue weighted by Gasteiger charge is 2.17. The molecule has 1 atom stereocenters. The number of aromatic nitrogens is 2. The molecule has 1 unspecified atom stereocenters. The van der Waals surface area contributed by atoms with Crippen LogP contribution < -0.4 is 5.32 Å². The minimum atomic E-state index is 0.386. The minimum absolute atomic E-state index is 0.386.